The SMILES string of the molecule is Cc1ccc(NC(=O)c2cc3nc(Cc4c(Cl)ccc(CNC(=O)C(C)(C)C)c4Cl)n(C)c3cc2N2CC3CC3C2)cc1. The van der Waals surface area contributed by atoms with E-state index in [0.717, 1.165) is 69.8 Å². The van der Waals surface area contributed by atoms with Crippen LogP contribution >= 0.6 is 23.2 Å². The van der Waals surface area contributed by atoms with E-state index in [0.29, 0.717) is 28.6 Å². The Balaban J connectivity index is 1.33. The number of carbonyl (C=O) groups is 2. The number of rotatable bonds is 7. The summed E-state index contributed by atoms with van der Waals surface area (Å²) in [7, 11) is 1.98. The molecule has 2 heterocycles. The number of aromatic nitrogens is 2. The second-order valence-corrected chi connectivity index (χ2v) is 13.8. The molecule has 1 aliphatic heterocycles. The Morgan fingerprint density at radius 2 is 1.72 bits per heavy atom. The highest BCUT2D eigenvalue weighted by molar-refractivity contribution is 6.36. The fraction of sp³-hybridized carbons (Fsp3) is 0.382. The first kappa shape index (κ1) is 29.5. The third-order valence-electron chi connectivity index (χ3n) is 8.69. The third-order valence-corrected chi connectivity index (χ3v) is 9.51. The van der Waals surface area contributed by atoms with Crippen molar-refractivity contribution in [2.45, 2.75) is 47.1 Å². The summed E-state index contributed by atoms with van der Waals surface area (Å²) >= 11 is 13.5. The summed E-state index contributed by atoms with van der Waals surface area (Å²) in [5.74, 6) is 2.01. The number of nitrogens with zero attached hydrogens (tertiary/aromatic N) is 3. The first-order valence-corrected chi connectivity index (χ1v) is 15.5. The maximum Gasteiger partial charge on any atom is 0.257 e. The summed E-state index contributed by atoms with van der Waals surface area (Å²) in [5.41, 5.74) is 6.17. The van der Waals surface area contributed by atoms with Gasteiger partial charge in [0.25, 0.3) is 5.91 Å². The molecule has 3 aromatic carbocycles. The first-order chi connectivity index (χ1) is 20.4. The topological polar surface area (TPSA) is 79.3 Å². The number of benzene rings is 3. The number of fused-ring (bicyclic) bond motifs is 2. The number of piperidine rings is 1. The molecule has 0 spiro atoms. The van der Waals surface area contributed by atoms with Crippen LogP contribution in [0, 0.1) is 24.2 Å². The van der Waals surface area contributed by atoms with Crippen molar-refractivity contribution < 1.29 is 9.59 Å². The summed E-state index contributed by atoms with van der Waals surface area (Å²) in [5, 5.41) is 7.11. The van der Waals surface area contributed by atoms with Crippen LogP contribution in [0.25, 0.3) is 11.0 Å². The van der Waals surface area contributed by atoms with Crippen LogP contribution in [0.1, 0.15) is 60.1 Å². The van der Waals surface area contributed by atoms with Crippen molar-refractivity contribution in [3.63, 3.8) is 0 Å². The zero-order valence-corrected chi connectivity index (χ0v) is 26.7. The fourth-order valence-corrected chi connectivity index (χ4v) is 6.42. The monoisotopic (exact) mass is 617 g/mol. The van der Waals surface area contributed by atoms with Crippen LogP contribution in [0.5, 0.6) is 0 Å². The second-order valence-electron chi connectivity index (χ2n) is 13.0. The first-order valence-electron chi connectivity index (χ1n) is 14.8. The van der Waals surface area contributed by atoms with Gasteiger partial charge in [-0.2, -0.15) is 0 Å². The van der Waals surface area contributed by atoms with E-state index in [2.05, 4.69) is 26.2 Å². The Morgan fingerprint density at radius 3 is 2.40 bits per heavy atom. The quantitative estimate of drug-likeness (QED) is 0.231. The molecule has 2 atom stereocenters. The van der Waals surface area contributed by atoms with Gasteiger partial charge in [0.1, 0.15) is 5.82 Å². The summed E-state index contributed by atoms with van der Waals surface area (Å²) in [6.45, 7) is 9.89. The smallest absolute Gasteiger partial charge is 0.257 e. The third kappa shape index (κ3) is 5.98. The van der Waals surface area contributed by atoms with Crippen molar-refractivity contribution in [3.05, 3.63) is 86.7 Å². The number of hydrogen-bond acceptors (Lipinski definition) is 4. The number of hydrogen-bond donors (Lipinski definition) is 2. The molecule has 6 rings (SSSR count). The number of aryl methyl sites for hydroxylation is 2. The van der Waals surface area contributed by atoms with Crippen LogP contribution in [0.2, 0.25) is 10.0 Å². The van der Waals surface area contributed by atoms with Gasteiger partial charge in [0.15, 0.2) is 0 Å². The van der Waals surface area contributed by atoms with Crippen LogP contribution in [-0.2, 0) is 24.8 Å². The molecule has 2 unspecified atom stereocenters. The summed E-state index contributed by atoms with van der Waals surface area (Å²) in [6, 6.07) is 15.5. The highest BCUT2D eigenvalue weighted by Crippen LogP contribution is 2.47. The van der Waals surface area contributed by atoms with Crippen LogP contribution in [0.4, 0.5) is 11.4 Å². The molecule has 0 radical (unpaired) electrons. The molecule has 43 heavy (non-hydrogen) atoms. The summed E-state index contributed by atoms with van der Waals surface area (Å²) in [6.07, 6.45) is 1.68. The van der Waals surface area contributed by atoms with Gasteiger partial charge in [-0.25, -0.2) is 4.98 Å². The summed E-state index contributed by atoms with van der Waals surface area (Å²) in [4.78, 5) is 33.4. The van der Waals surface area contributed by atoms with E-state index < -0.39 is 5.41 Å². The van der Waals surface area contributed by atoms with E-state index >= 15 is 0 Å². The lowest BCUT2D eigenvalue weighted by molar-refractivity contribution is -0.128. The minimum atomic E-state index is -0.501. The summed E-state index contributed by atoms with van der Waals surface area (Å²) < 4.78 is 2.05. The van der Waals surface area contributed by atoms with Gasteiger partial charge in [-0.1, -0.05) is 67.7 Å². The van der Waals surface area contributed by atoms with Crippen LogP contribution in [-0.4, -0.2) is 34.5 Å². The van der Waals surface area contributed by atoms with Crippen LogP contribution < -0.4 is 15.5 Å². The molecule has 4 aromatic rings. The molecular weight excluding hydrogens is 581 g/mol. The molecule has 7 nitrogen and oxygen atoms in total. The van der Waals surface area contributed by atoms with Gasteiger partial charge in [0.05, 0.1) is 27.3 Å². The molecule has 9 heteroatoms. The molecule has 1 aliphatic carbocycles. The zero-order chi connectivity index (χ0) is 30.6. The van der Waals surface area contributed by atoms with Gasteiger partial charge < -0.3 is 20.1 Å². The van der Waals surface area contributed by atoms with Crippen molar-refractivity contribution in [1.82, 2.24) is 14.9 Å². The zero-order valence-electron chi connectivity index (χ0n) is 25.2. The lowest BCUT2D eigenvalue weighted by Gasteiger charge is -2.23. The maximum absolute atomic E-state index is 13.7. The minimum Gasteiger partial charge on any atom is -0.370 e. The van der Waals surface area contributed by atoms with Crippen LogP contribution in [0.3, 0.4) is 0 Å². The molecule has 1 saturated carbocycles. The lowest BCUT2D eigenvalue weighted by atomic mass is 9.95. The molecule has 224 valence electrons. The van der Waals surface area contributed by atoms with Gasteiger partial charge in [-0.15, -0.1) is 0 Å². The van der Waals surface area contributed by atoms with E-state index in [4.69, 9.17) is 28.2 Å². The lowest BCUT2D eigenvalue weighted by Crippen LogP contribution is -2.34. The highest BCUT2D eigenvalue weighted by atomic mass is 35.5. The standard InChI is InChI=1S/C34H37Cl2N5O2/c1-19-6-9-23(10-7-19)38-32(42)25-13-27-29(15-28(25)41-17-21-12-22(21)18-41)40(5)30(39-27)14-24-26(35)11-8-20(31(24)36)16-37-33(43)34(2,3)4/h6-11,13,15,21-22H,12,14,16-18H2,1-5H3,(H,37,43)(H,38,42). The van der Waals surface area contributed by atoms with Crippen LogP contribution in [0.15, 0.2) is 48.5 Å². The van der Waals surface area contributed by atoms with E-state index in [9.17, 15) is 9.59 Å². The normalized spacial score (nSPS) is 17.7. The molecule has 2 fully saturated rings. The molecule has 2 amide bonds. The van der Waals surface area contributed by atoms with Gasteiger partial charge in [-0.3, -0.25) is 9.59 Å². The molecule has 0 bridgehead atoms. The number of carbonyl (C=O) groups excluding carboxylic acids is 2. The predicted molar refractivity (Wildman–Crippen MR) is 174 cm³/mol. The van der Waals surface area contributed by atoms with Gasteiger partial charge in [0, 0.05) is 49.2 Å². The molecule has 1 saturated heterocycles. The number of amides is 2. The van der Waals surface area contributed by atoms with Crippen molar-refractivity contribution in [2.75, 3.05) is 23.3 Å². The van der Waals surface area contributed by atoms with E-state index in [1.165, 1.54) is 6.42 Å². The van der Waals surface area contributed by atoms with E-state index in [1.54, 1.807) is 0 Å². The Kier molecular flexibility index (Phi) is 7.68. The Morgan fingerprint density at radius 1 is 1.02 bits per heavy atom. The van der Waals surface area contributed by atoms with Gasteiger partial charge in [-0.05, 0) is 66.6 Å². The van der Waals surface area contributed by atoms with Crippen molar-refractivity contribution in [1.29, 1.82) is 0 Å². The van der Waals surface area contributed by atoms with E-state index in [-0.39, 0.29) is 11.8 Å². The minimum absolute atomic E-state index is 0.0521. The van der Waals surface area contributed by atoms with Gasteiger partial charge >= 0.3 is 0 Å². The molecule has 2 aliphatic rings. The Hall–Kier alpha value is -3.55. The Bertz CT molecular complexity index is 1730. The van der Waals surface area contributed by atoms with Gasteiger partial charge in [0.2, 0.25) is 5.91 Å². The van der Waals surface area contributed by atoms with Crippen molar-refractivity contribution in [3.8, 4) is 0 Å². The average Bonchev–Trinajstić information content (AvgIpc) is 3.45. The fourth-order valence-electron chi connectivity index (χ4n) is 5.85. The second kappa shape index (κ2) is 11.2. The maximum atomic E-state index is 13.7. The Labute approximate surface area is 262 Å². The highest BCUT2D eigenvalue weighted by Gasteiger charge is 2.45. The number of anilines is 2. The number of halogens is 2. The van der Waals surface area contributed by atoms with E-state index in [1.807, 2.05) is 77.2 Å². The largest absolute Gasteiger partial charge is 0.370 e. The number of nitrogens with one attached hydrogen (secondary N) is 2. The van der Waals surface area contributed by atoms with Crippen molar-refractivity contribution in [2.24, 2.45) is 24.3 Å². The molecular formula is C34H37Cl2N5O2. The molecule has 1 aromatic heterocycles. The molecule has 2 N–H and O–H groups in total. The average molecular weight is 619 g/mol. The van der Waals surface area contributed by atoms with Crippen molar-refractivity contribution >= 4 is 57.4 Å². The predicted octanol–water partition coefficient (Wildman–Crippen LogP) is 7.15. The number of imidazole rings is 1.